The zero-order valence-corrected chi connectivity index (χ0v) is 17.3. The van der Waals surface area contributed by atoms with E-state index in [9.17, 15) is 4.79 Å². The number of amides is 1. The van der Waals surface area contributed by atoms with E-state index in [2.05, 4.69) is 15.4 Å². The van der Waals surface area contributed by atoms with Gasteiger partial charge >= 0.3 is 0 Å². The number of carbonyl (C=O) groups excluding carboxylic acids is 1. The highest BCUT2D eigenvalue weighted by molar-refractivity contribution is 6.30. The number of benzene rings is 2. The average Bonchev–Trinajstić information content (AvgIpc) is 3.19. The topological polar surface area (TPSA) is 59.8 Å². The number of hydrogen-bond acceptors (Lipinski definition) is 3. The van der Waals surface area contributed by atoms with Crippen molar-refractivity contribution < 1.29 is 4.79 Å². The fraction of sp³-hybridized carbons (Fsp3) is 0.125. The smallest absolute Gasteiger partial charge is 0.255 e. The predicted octanol–water partition coefficient (Wildman–Crippen LogP) is 5.14. The molecular formula is C24H21ClN4O. The van der Waals surface area contributed by atoms with E-state index < -0.39 is 0 Å². The van der Waals surface area contributed by atoms with Gasteiger partial charge < -0.3 is 5.32 Å². The summed E-state index contributed by atoms with van der Waals surface area (Å²) in [7, 11) is 0. The van der Waals surface area contributed by atoms with Crippen molar-refractivity contribution in [3.05, 3.63) is 107 Å². The van der Waals surface area contributed by atoms with Gasteiger partial charge in [-0.05, 0) is 42.3 Å². The van der Waals surface area contributed by atoms with Crippen LogP contribution < -0.4 is 5.32 Å². The minimum absolute atomic E-state index is 0.172. The number of aromatic nitrogens is 3. The molecule has 150 valence electrons. The largest absolute Gasteiger partial charge is 0.345 e. The third-order valence-electron chi connectivity index (χ3n) is 4.85. The van der Waals surface area contributed by atoms with Gasteiger partial charge in [-0.15, -0.1) is 0 Å². The fourth-order valence-electron chi connectivity index (χ4n) is 3.26. The second-order valence-corrected chi connectivity index (χ2v) is 7.50. The summed E-state index contributed by atoms with van der Waals surface area (Å²) in [4.78, 5) is 17.3. The predicted molar refractivity (Wildman–Crippen MR) is 118 cm³/mol. The Bertz CT molecular complexity index is 1130. The van der Waals surface area contributed by atoms with Crippen molar-refractivity contribution in [1.82, 2.24) is 20.1 Å². The molecule has 2 aromatic carbocycles. The van der Waals surface area contributed by atoms with Crippen LogP contribution in [0.5, 0.6) is 0 Å². The minimum atomic E-state index is -0.185. The molecule has 0 aliphatic carbocycles. The molecule has 0 aliphatic rings. The Hall–Kier alpha value is -3.44. The van der Waals surface area contributed by atoms with Crippen LogP contribution in [0.1, 0.15) is 34.5 Å². The number of halogens is 1. The van der Waals surface area contributed by atoms with E-state index in [0.717, 1.165) is 16.7 Å². The lowest BCUT2D eigenvalue weighted by molar-refractivity contribution is 0.0940. The van der Waals surface area contributed by atoms with E-state index in [1.807, 2.05) is 73.7 Å². The Morgan fingerprint density at radius 1 is 1.07 bits per heavy atom. The summed E-state index contributed by atoms with van der Waals surface area (Å²) < 4.78 is 1.79. The Labute approximate surface area is 180 Å². The van der Waals surface area contributed by atoms with Gasteiger partial charge in [-0.1, -0.05) is 54.1 Å². The molecule has 0 saturated heterocycles. The number of hydrogen-bond donors (Lipinski definition) is 1. The Balaban J connectivity index is 1.63. The fourth-order valence-corrected chi connectivity index (χ4v) is 3.39. The summed E-state index contributed by atoms with van der Waals surface area (Å²) in [6.07, 6.45) is 5.21. The van der Waals surface area contributed by atoms with E-state index in [0.29, 0.717) is 22.8 Å². The van der Waals surface area contributed by atoms with Crippen molar-refractivity contribution in [2.45, 2.75) is 19.5 Å². The molecule has 4 rings (SSSR count). The molecule has 0 spiro atoms. The van der Waals surface area contributed by atoms with E-state index in [4.69, 9.17) is 11.6 Å². The zero-order valence-electron chi connectivity index (χ0n) is 16.5. The third kappa shape index (κ3) is 4.58. The van der Waals surface area contributed by atoms with Crippen molar-refractivity contribution in [2.24, 2.45) is 0 Å². The van der Waals surface area contributed by atoms with Crippen molar-refractivity contribution in [3.63, 3.8) is 0 Å². The quantitative estimate of drug-likeness (QED) is 0.473. The normalized spacial score (nSPS) is 11.8. The van der Waals surface area contributed by atoms with Gasteiger partial charge in [0, 0.05) is 29.2 Å². The van der Waals surface area contributed by atoms with Gasteiger partial charge in [0.15, 0.2) is 0 Å². The first kappa shape index (κ1) is 19.9. The van der Waals surface area contributed by atoms with Crippen LogP contribution in [0.25, 0.3) is 11.3 Å². The summed E-state index contributed by atoms with van der Waals surface area (Å²) in [5.41, 5.74) is 4.01. The zero-order chi connectivity index (χ0) is 20.9. The molecule has 5 nitrogen and oxygen atoms in total. The van der Waals surface area contributed by atoms with E-state index in [1.165, 1.54) is 0 Å². The lowest BCUT2D eigenvalue weighted by Crippen LogP contribution is -2.26. The number of nitrogens with one attached hydrogen (secondary N) is 1. The first-order valence-electron chi connectivity index (χ1n) is 9.68. The summed E-state index contributed by atoms with van der Waals surface area (Å²) in [5.74, 6) is -0.185. The number of pyridine rings is 1. The van der Waals surface area contributed by atoms with Crippen molar-refractivity contribution in [3.8, 4) is 11.3 Å². The number of carbonyl (C=O) groups is 1. The van der Waals surface area contributed by atoms with Crippen LogP contribution in [0.4, 0.5) is 0 Å². The third-order valence-corrected chi connectivity index (χ3v) is 5.10. The first-order chi connectivity index (χ1) is 14.6. The van der Waals surface area contributed by atoms with Crippen molar-refractivity contribution in [1.29, 1.82) is 0 Å². The van der Waals surface area contributed by atoms with Gasteiger partial charge in [-0.25, -0.2) is 0 Å². The molecule has 0 saturated carbocycles. The van der Waals surface area contributed by atoms with Crippen LogP contribution in [-0.2, 0) is 6.54 Å². The maximum absolute atomic E-state index is 13.1. The van der Waals surface area contributed by atoms with Crippen LogP contribution in [0, 0.1) is 0 Å². The Morgan fingerprint density at radius 2 is 1.83 bits per heavy atom. The second-order valence-electron chi connectivity index (χ2n) is 7.06. The monoisotopic (exact) mass is 416 g/mol. The van der Waals surface area contributed by atoms with Gasteiger partial charge in [0.1, 0.15) is 5.69 Å². The molecule has 0 fully saturated rings. The molecule has 30 heavy (non-hydrogen) atoms. The number of nitrogens with zero attached hydrogens (tertiary/aromatic N) is 3. The van der Waals surface area contributed by atoms with Crippen LogP contribution >= 0.6 is 11.6 Å². The summed E-state index contributed by atoms with van der Waals surface area (Å²) in [6.45, 7) is 2.52. The summed E-state index contributed by atoms with van der Waals surface area (Å²) in [6, 6.07) is 21.1. The second kappa shape index (κ2) is 8.93. The molecule has 6 heteroatoms. The lowest BCUT2D eigenvalue weighted by Gasteiger charge is -2.14. The van der Waals surface area contributed by atoms with Gasteiger partial charge in [0.05, 0.1) is 18.2 Å². The highest BCUT2D eigenvalue weighted by Gasteiger charge is 2.20. The number of rotatable bonds is 6. The maximum Gasteiger partial charge on any atom is 0.255 e. The van der Waals surface area contributed by atoms with E-state index in [1.54, 1.807) is 23.3 Å². The van der Waals surface area contributed by atoms with Gasteiger partial charge in [-0.2, -0.15) is 5.10 Å². The van der Waals surface area contributed by atoms with Gasteiger partial charge in [-0.3, -0.25) is 14.5 Å². The van der Waals surface area contributed by atoms with Gasteiger partial charge in [0.25, 0.3) is 5.91 Å². The molecule has 1 unspecified atom stereocenters. The summed E-state index contributed by atoms with van der Waals surface area (Å²) in [5, 5.41) is 8.42. The molecule has 4 aromatic rings. The molecule has 2 aromatic heterocycles. The molecular weight excluding hydrogens is 396 g/mol. The van der Waals surface area contributed by atoms with Crippen molar-refractivity contribution in [2.75, 3.05) is 0 Å². The lowest BCUT2D eigenvalue weighted by atomic mass is 10.1. The average molecular weight is 417 g/mol. The standard InChI is InChI=1S/C24H21ClN4O/c1-17(19-9-11-21(25)12-10-19)27-24(30)22-16-29(15-18-6-3-2-4-7-18)28-23(22)20-8-5-13-26-14-20/h2-14,16-17H,15H2,1H3,(H,27,30). The highest BCUT2D eigenvalue weighted by atomic mass is 35.5. The van der Waals surface area contributed by atoms with Crippen LogP contribution in [0.2, 0.25) is 5.02 Å². The van der Waals surface area contributed by atoms with Crippen LogP contribution in [0.15, 0.2) is 85.3 Å². The molecule has 0 bridgehead atoms. The van der Waals surface area contributed by atoms with Crippen LogP contribution in [-0.4, -0.2) is 20.7 Å². The highest BCUT2D eigenvalue weighted by Crippen LogP contribution is 2.23. The molecule has 0 aliphatic heterocycles. The SMILES string of the molecule is CC(NC(=O)c1cn(Cc2ccccc2)nc1-c1cccnc1)c1ccc(Cl)cc1. The Morgan fingerprint density at radius 3 is 2.53 bits per heavy atom. The first-order valence-corrected chi connectivity index (χ1v) is 10.1. The maximum atomic E-state index is 13.1. The summed E-state index contributed by atoms with van der Waals surface area (Å²) >= 11 is 5.97. The molecule has 1 atom stereocenters. The molecule has 1 N–H and O–H groups in total. The van der Waals surface area contributed by atoms with Gasteiger partial charge in [0.2, 0.25) is 0 Å². The molecule has 1 amide bonds. The Kier molecular flexibility index (Phi) is 5.91. The van der Waals surface area contributed by atoms with E-state index >= 15 is 0 Å². The minimum Gasteiger partial charge on any atom is -0.345 e. The van der Waals surface area contributed by atoms with Crippen molar-refractivity contribution >= 4 is 17.5 Å². The molecule has 0 radical (unpaired) electrons. The molecule has 2 heterocycles. The van der Waals surface area contributed by atoms with E-state index in [-0.39, 0.29) is 11.9 Å². The van der Waals surface area contributed by atoms with Crippen LogP contribution in [0.3, 0.4) is 0 Å².